The average molecular weight is 320 g/mol. The fourth-order valence-electron chi connectivity index (χ4n) is 2.44. The number of rotatable bonds is 6. The second-order valence-corrected chi connectivity index (χ2v) is 7.46. The third-order valence-corrected chi connectivity index (χ3v) is 4.47. The lowest BCUT2D eigenvalue weighted by molar-refractivity contribution is -0.114. The molecule has 2 nitrogen and oxygen atoms in total. The Morgan fingerprint density at radius 1 is 1.26 bits per heavy atom. The topological polar surface area (TPSA) is 43.1 Å². The highest BCUT2D eigenvalue weighted by Gasteiger charge is 2.24. The normalized spacial score (nSPS) is 15.6. The standard InChI is InChI=1S/C18H29NO.C3H8/c1-13(2)14(3)7-6-12-18(4,5)16-10-8-15(9-11-16)17(19)20;1-3-2/h7-8,11,13H,6,9-10,12H2,1-5H3,(H2,19,20);3H2,1-2H3/b14-7+;. The van der Waals surface area contributed by atoms with Gasteiger partial charge in [0.05, 0.1) is 0 Å². The Kier molecular flexibility index (Phi) is 9.87. The van der Waals surface area contributed by atoms with E-state index in [1.165, 1.54) is 17.6 Å². The van der Waals surface area contributed by atoms with Crippen molar-refractivity contribution in [3.63, 3.8) is 0 Å². The molecular formula is C21H37NO. The molecule has 0 aromatic carbocycles. The van der Waals surface area contributed by atoms with Crippen LogP contribution >= 0.6 is 0 Å². The number of hydrogen-bond acceptors (Lipinski definition) is 1. The number of primary amides is 1. The van der Waals surface area contributed by atoms with Gasteiger partial charge in [-0.15, -0.1) is 0 Å². The Bertz CT molecular complexity index is 464. The van der Waals surface area contributed by atoms with Crippen LogP contribution in [0.15, 0.2) is 34.9 Å². The van der Waals surface area contributed by atoms with E-state index in [1.54, 1.807) is 0 Å². The molecule has 1 rings (SSSR count). The van der Waals surface area contributed by atoms with Crippen molar-refractivity contribution in [3.8, 4) is 0 Å². The van der Waals surface area contributed by atoms with Crippen LogP contribution < -0.4 is 5.73 Å². The molecule has 132 valence electrons. The van der Waals surface area contributed by atoms with Gasteiger partial charge in [-0.25, -0.2) is 0 Å². The minimum atomic E-state index is -0.284. The minimum absolute atomic E-state index is 0.188. The molecule has 0 aliphatic heterocycles. The molecule has 0 aromatic rings. The number of carbonyl (C=O) groups is 1. The van der Waals surface area contributed by atoms with E-state index in [0.717, 1.165) is 24.8 Å². The molecule has 0 aromatic heterocycles. The van der Waals surface area contributed by atoms with Gasteiger partial charge < -0.3 is 5.73 Å². The quantitative estimate of drug-likeness (QED) is 0.604. The largest absolute Gasteiger partial charge is 0.366 e. The number of nitrogens with two attached hydrogens (primary N) is 1. The van der Waals surface area contributed by atoms with Crippen LogP contribution in [0.5, 0.6) is 0 Å². The van der Waals surface area contributed by atoms with Gasteiger partial charge in [0, 0.05) is 5.57 Å². The highest BCUT2D eigenvalue weighted by molar-refractivity contribution is 5.92. The average Bonchev–Trinajstić information content (AvgIpc) is 2.47. The van der Waals surface area contributed by atoms with Crippen molar-refractivity contribution in [1.29, 1.82) is 0 Å². The van der Waals surface area contributed by atoms with Crippen molar-refractivity contribution in [1.82, 2.24) is 0 Å². The molecule has 2 N–H and O–H groups in total. The fraction of sp³-hybridized carbons (Fsp3) is 0.667. The van der Waals surface area contributed by atoms with Crippen LogP contribution in [0.25, 0.3) is 0 Å². The third kappa shape index (κ3) is 8.20. The molecule has 1 aliphatic carbocycles. The first-order chi connectivity index (χ1) is 10.7. The van der Waals surface area contributed by atoms with Crippen molar-refractivity contribution in [2.24, 2.45) is 17.1 Å². The summed E-state index contributed by atoms with van der Waals surface area (Å²) in [5.74, 6) is 0.349. The van der Waals surface area contributed by atoms with Crippen LogP contribution in [0.2, 0.25) is 0 Å². The van der Waals surface area contributed by atoms with Gasteiger partial charge in [0.2, 0.25) is 5.91 Å². The Hall–Kier alpha value is -1.31. The Balaban J connectivity index is 0.00000149. The molecule has 0 unspecified atom stereocenters. The molecule has 0 atom stereocenters. The molecule has 0 fully saturated rings. The summed E-state index contributed by atoms with van der Waals surface area (Å²) in [5, 5.41) is 0. The molecular weight excluding hydrogens is 282 g/mol. The van der Waals surface area contributed by atoms with E-state index in [2.05, 4.69) is 60.6 Å². The van der Waals surface area contributed by atoms with Gasteiger partial charge in [0.25, 0.3) is 0 Å². The summed E-state index contributed by atoms with van der Waals surface area (Å²) in [7, 11) is 0. The summed E-state index contributed by atoms with van der Waals surface area (Å²) in [6.07, 6.45) is 11.6. The molecule has 0 saturated heterocycles. The van der Waals surface area contributed by atoms with E-state index in [-0.39, 0.29) is 11.3 Å². The van der Waals surface area contributed by atoms with E-state index in [4.69, 9.17) is 5.73 Å². The van der Waals surface area contributed by atoms with E-state index >= 15 is 0 Å². The maximum atomic E-state index is 11.1. The second kappa shape index (κ2) is 10.5. The van der Waals surface area contributed by atoms with Crippen molar-refractivity contribution in [2.75, 3.05) is 0 Å². The van der Waals surface area contributed by atoms with Crippen LogP contribution in [0, 0.1) is 11.3 Å². The Labute approximate surface area is 143 Å². The molecule has 1 amide bonds. The van der Waals surface area contributed by atoms with Crippen LogP contribution in [0.3, 0.4) is 0 Å². The monoisotopic (exact) mass is 319 g/mol. The lowest BCUT2D eigenvalue weighted by Crippen LogP contribution is -2.19. The highest BCUT2D eigenvalue weighted by Crippen LogP contribution is 2.37. The van der Waals surface area contributed by atoms with Crippen molar-refractivity contribution < 1.29 is 4.79 Å². The Morgan fingerprint density at radius 2 is 1.83 bits per heavy atom. The van der Waals surface area contributed by atoms with Crippen molar-refractivity contribution >= 4 is 5.91 Å². The van der Waals surface area contributed by atoms with Crippen LogP contribution in [0.1, 0.15) is 80.6 Å². The summed E-state index contributed by atoms with van der Waals surface area (Å²) in [6, 6.07) is 0. The van der Waals surface area contributed by atoms with Gasteiger partial charge in [-0.3, -0.25) is 4.79 Å². The van der Waals surface area contributed by atoms with Gasteiger partial charge in [0.15, 0.2) is 0 Å². The summed E-state index contributed by atoms with van der Waals surface area (Å²) in [4.78, 5) is 11.1. The molecule has 23 heavy (non-hydrogen) atoms. The zero-order chi connectivity index (χ0) is 18.0. The third-order valence-electron chi connectivity index (χ3n) is 4.47. The summed E-state index contributed by atoms with van der Waals surface area (Å²) in [5.41, 5.74) is 9.15. The second-order valence-electron chi connectivity index (χ2n) is 7.46. The molecule has 1 aliphatic rings. The Morgan fingerprint density at radius 3 is 2.22 bits per heavy atom. The molecule has 0 heterocycles. The first-order valence-electron chi connectivity index (χ1n) is 9.00. The van der Waals surface area contributed by atoms with Crippen LogP contribution in [0.4, 0.5) is 0 Å². The van der Waals surface area contributed by atoms with Gasteiger partial charge in [0.1, 0.15) is 0 Å². The molecule has 2 heteroatoms. The molecule has 0 spiro atoms. The first kappa shape index (κ1) is 21.7. The first-order valence-corrected chi connectivity index (χ1v) is 9.00. The zero-order valence-electron chi connectivity index (χ0n) is 16.3. The number of amides is 1. The van der Waals surface area contributed by atoms with E-state index in [1.807, 2.05) is 6.08 Å². The summed E-state index contributed by atoms with van der Waals surface area (Å²) in [6.45, 7) is 15.5. The van der Waals surface area contributed by atoms with Gasteiger partial charge >= 0.3 is 0 Å². The molecule has 0 bridgehead atoms. The lowest BCUT2D eigenvalue weighted by atomic mass is 9.76. The van der Waals surface area contributed by atoms with E-state index in [0.29, 0.717) is 12.3 Å². The zero-order valence-corrected chi connectivity index (χ0v) is 16.3. The highest BCUT2D eigenvalue weighted by atomic mass is 16.1. The number of carbonyl (C=O) groups excluding carboxylic acids is 1. The molecule has 0 saturated carbocycles. The van der Waals surface area contributed by atoms with E-state index < -0.39 is 0 Å². The van der Waals surface area contributed by atoms with Crippen LogP contribution in [-0.4, -0.2) is 5.91 Å². The predicted molar refractivity (Wildman–Crippen MR) is 102 cm³/mol. The van der Waals surface area contributed by atoms with Crippen molar-refractivity contribution in [2.45, 2.75) is 80.6 Å². The smallest absolute Gasteiger partial charge is 0.244 e. The van der Waals surface area contributed by atoms with Crippen LogP contribution in [-0.2, 0) is 4.79 Å². The number of allylic oxidation sites excluding steroid dienone is 5. The maximum absolute atomic E-state index is 11.1. The fourth-order valence-corrected chi connectivity index (χ4v) is 2.44. The van der Waals surface area contributed by atoms with Crippen molar-refractivity contribution in [3.05, 3.63) is 34.9 Å². The molecule has 0 radical (unpaired) electrons. The maximum Gasteiger partial charge on any atom is 0.244 e. The lowest BCUT2D eigenvalue weighted by Gasteiger charge is -2.29. The van der Waals surface area contributed by atoms with Gasteiger partial charge in [-0.05, 0) is 43.9 Å². The number of hydrogen-bond donors (Lipinski definition) is 1. The summed E-state index contributed by atoms with van der Waals surface area (Å²) < 4.78 is 0. The van der Waals surface area contributed by atoms with E-state index in [9.17, 15) is 4.79 Å². The predicted octanol–water partition coefficient (Wildman–Crippen LogP) is 5.94. The van der Waals surface area contributed by atoms with Gasteiger partial charge in [-0.2, -0.15) is 0 Å². The summed E-state index contributed by atoms with van der Waals surface area (Å²) >= 11 is 0. The minimum Gasteiger partial charge on any atom is -0.366 e. The SMILES string of the molecule is C/C(=C\CCC(C)(C)C1=CCC(C(N)=O)=CC1)C(C)C.CCC. The van der Waals surface area contributed by atoms with Gasteiger partial charge in [-0.1, -0.05) is 77.3 Å².